The van der Waals surface area contributed by atoms with Gasteiger partial charge in [-0.1, -0.05) is 51.9 Å². The first kappa shape index (κ1) is 19.0. The third-order valence-corrected chi connectivity index (χ3v) is 3.71. The molecule has 128 valence electrons. The van der Waals surface area contributed by atoms with Gasteiger partial charge >= 0.3 is 11.9 Å². The minimum atomic E-state index is -1.12. The largest absolute Gasteiger partial charge is 0.493 e. The quantitative estimate of drug-likeness (QED) is 0.549. The van der Waals surface area contributed by atoms with Crippen LogP contribution in [0.25, 0.3) is 0 Å². The molecule has 0 fully saturated rings. The normalized spacial score (nSPS) is 10.5. The second-order valence-electron chi connectivity index (χ2n) is 5.64. The van der Waals surface area contributed by atoms with E-state index in [0.717, 1.165) is 19.3 Å². The molecule has 0 saturated heterocycles. The molecule has 23 heavy (non-hydrogen) atoms. The Bertz CT molecular complexity index is 510. The summed E-state index contributed by atoms with van der Waals surface area (Å²) in [6.07, 6.45) is 9.33. The number of unbranched alkanes of at least 4 members (excludes halogenated alkanes) is 7. The zero-order valence-corrected chi connectivity index (χ0v) is 13.7. The molecule has 0 radical (unpaired) electrons. The average Bonchev–Trinajstić information content (AvgIpc) is 2.52. The highest BCUT2D eigenvalue weighted by Gasteiger charge is 2.14. The number of aromatic carboxylic acids is 2. The molecule has 0 bridgehead atoms. The monoisotopic (exact) mass is 322 g/mol. The SMILES string of the molecule is CCCCCCCCCCOc1cc(C(=O)O)ccc1C(=O)O. The van der Waals surface area contributed by atoms with Gasteiger partial charge in [0.2, 0.25) is 0 Å². The highest BCUT2D eigenvalue weighted by Crippen LogP contribution is 2.21. The van der Waals surface area contributed by atoms with Gasteiger partial charge in [0, 0.05) is 0 Å². The molecule has 0 heterocycles. The Hall–Kier alpha value is -2.04. The summed E-state index contributed by atoms with van der Waals surface area (Å²) in [6, 6.07) is 3.82. The van der Waals surface area contributed by atoms with E-state index in [1.165, 1.54) is 50.3 Å². The van der Waals surface area contributed by atoms with Gasteiger partial charge in [0.25, 0.3) is 0 Å². The van der Waals surface area contributed by atoms with Crippen LogP contribution in [0.15, 0.2) is 18.2 Å². The Kier molecular flexibility index (Phi) is 8.80. The van der Waals surface area contributed by atoms with Gasteiger partial charge in [-0.2, -0.15) is 0 Å². The van der Waals surface area contributed by atoms with E-state index in [1.54, 1.807) is 0 Å². The van der Waals surface area contributed by atoms with Crippen molar-refractivity contribution in [3.63, 3.8) is 0 Å². The second kappa shape index (κ2) is 10.6. The summed E-state index contributed by atoms with van der Waals surface area (Å²) in [6.45, 7) is 2.60. The first-order chi connectivity index (χ1) is 11.1. The molecule has 2 N–H and O–H groups in total. The fourth-order valence-corrected chi connectivity index (χ4v) is 2.37. The topological polar surface area (TPSA) is 83.8 Å². The molecule has 0 aliphatic heterocycles. The van der Waals surface area contributed by atoms with Gasteiger partial charge in [-0.15, -0.1) is 0 Å². The molecule has 0 aliphatic rings. The van der Waals surface area contributed by atoms with Crippen molar-refractivity contribution in [1.29, 1.82) is 0 Å². The molecule has 1 rings (SSSR count). The number of benzene rings is 1. The van der Waals surface area contributed by atoms with Crippen LogP contribution in [0, 0.1) is 0 Å². The van der Waals surface area contributed by atoms with Crippen LogP contribution in [0.2, 0.25) is 0 Å². The smallest absolute Gasteiger partial charge is 0.339 e. The molecule has 0 aromatic heterocycles. The predicted octanol–water partition coefficient (Wildman–Crippen LogP) is 4.60. The average molecular weight is 322 g/mol. The van der Waals surface area contributed by atoms with Crippen LogP contribution in [0.5, 0.6) is 5.75 Å². The lowest BCUT2D eigenvalue weighted by Gasteiger charge is -2.10. The molecule has 0 unspecified atom stereocenters. The molecule has 0 aliphatic carbocycles. The van der Waals surface area contributed by atoms with Crippen LogP contribution in [-0.4, -0.2) is 28.8 Å². The van der Waals surface area contributed by atoms with Crippen molar-refractivity contribution in [2.24, 2.45) is 0 Å². The Morgan fingerprint density at radius 1 is 0.913 bits per heavy atom. The van der Waals surface area contributed by atoms with Crippen LogP contribution >= 0.6 is 0 Å². The Morgan fingerprint density at radius 3 is 2.09 bits per heavy atom. The van der Waals surface area contributed by atoms with E-state index in [4.69, 9.17) is 14.9 Å². The van der Waals surface area contributed by atoms with Gasteiger partial charge in [0.1, 0.15) is 11.3 Å². The maximum absolute atomic E-state index is 11.1. The highest BCUT2D eigenvalue weighted by molar-refractivity contribution is 5.94. The lowest BCUT2D eigenvalue weighted by molar-refractivity contribution is 0.0677. The first-order valence-electron chi connectivity index (χ1n) is 8.29. The van der Waals surface area contributed by atoms with E-state index < -0.39 is 11.9 Å². The highest BCUT2D eigenvalue weighted by atomic mass is 16.5. The molecule has 5 nitrogen and oxygen atoms in total. The van der Waals surface area contributed by atoms with E-state index in [1.807, 2.05) is 0 Å². The fourth-order valence-electron chi connectivity index (χ4n) is 2.37. The van der Waals surface area contributed by atoms with Gasteiger partial charge < -0.3 is 14.9 Å². The zero-order valence-electron chi connectivity index (χ0n) is 13.7. The van der Waals surface area contributed by atoms with Crippen molar-refractivity contribution in [3.05, 3.63) is 29.3 Å². The third kappa shape index (κ3) is 7.17. The number of hydrogen-bond acceptors (Lipinski definition) is 3. The molecule has 0 atom stereocenters. The van der Waals surface area contributed by atoms with Crippen molar-refractivity contribution in [3.8, 4) is 5.75 Å². The van der Waals surface area contributed by atoms with Gasteiger partial charge in [-0.25, -0.2) is 9.59 Å². The second-order valence-corrected chi connectivity index (χ2v) is 5.64. The minimum Gasteiger partial charge on any atom is -0.493 e. The van der Waals surface area contributed by atoms with Crippen LogP contribution < -0.4 is 4.74 Å². The summed E-state index contributed by atoms with van der Waals surface area (Å²) in [7, 11) is 0. The van der Waals surface area contributed by atoms with Crippen LogP contribution in [0.4, 0.5) is 0 Å². The summed E-state index contributed by atoms with van der Waals surface area (Å²) in [5, 5.41) is 18.1. The summed E-state index contributed by atoms with van der Waals surface area (Å²) < 4.78 is 5.49. The van der Waals surface area contributed by atoms with E-state index >= 15 is 0 Å². The maximum atomic E-state index is 11.1. The maximum Gasteiger partial charge on any atom is 0.339 e. The number of hydrogen-bond donors (Lipinski definition) is 2. The molecular weight excluding hydrogens is 296 g/mol. The Labute approximate surface area is 137 Å². The van der Waals surface area contributed by atoms with Gasteiger partial charge in [-0.3, -0.25) is 0 Å². The summed E-state index contributed by atoms with van der Waals surface area (Å²) in [5.41, 5.74) is 0.0236. The van der Waals surface area contributed by atoms with Crippen molar-refractivity contribution in [1.82, 2.24) is 0 Å². The van der Waals surface area contributed by atoms with Crippen molar-refractivity contribution in [2.45, 2.75) is 58.3 Å². The van der Waals surface area contributed by atoms with Crippen molar-refractivity contribution < 1.29 is 24.5 Å². The molecule has 1 aromatic rings. The Morgan fingerprint density at radius 2 is 1.52 bits per heavy atom. The molecule has 0 amide bonds. The van der Waals surface area contributed by atoms with Crippen LogP contribution in [0.1, 0.15) is 79.0 Å². The van der Waals surface area contributed by atoms with Gasteiger partial charge in [-0.05, 0) is 24.6 Å². The summed E-state index contributed by atoms with van der Waals surface area (Å²) in [5.74, 6) is -2.09. The Balaban J connectivity index is 2.37. The number of rotatable bonds is 12. The number of ether oxygens (including phenoxy) is 1. The third-order valence-electron chi connectivity index (χ3n) is 3.71. The number of carboxylic acid groups (broad SMARTS) is 2. The van der Waals surface area contributed by atoms with Gasteiger partial charge in [0.05, 0.1) is 12.2 Å². The summed E-state index contributed by atoms with van der Waals surface area (Å²) >= 11 is 0. The molecule has 0 saturated carbocycles. The van der Waals surface area contributed by atoms with Gasteiger partial charge in [0.15, 0.2) is 0 Å². The first-order valence-corrected chi connectivity index (χ1v) is 8.29. The van der Waals surface area contributed by atoms with E-state index in [2.05, 4.69) is 6.92 Å². The summed E-state index contributed by atoms with van der Waals surface area (Å²) in [4.78, 5) is 22.1. The van der Waals surface area contributed by atoms with Crippen molar-refractivity contribution >= 4 is 11.9 Å². The number of carbonyl (C=O) groups is 2. The molecular formula is C18H26O5. The van der Waals surface area contributed by atoms with Crippen LogP contribution in [0.3, 0.4) is 0 Å². The van der Waals surface area contributed by atoms with E-state index in [0.29, 0.717) is 6.61 Å². The lowest BCUT2D eigenvalue weighted by atomic mass is 10.1. The number of carboxylic acids is 2. The molecule has 5 heteroatoms. The van der Waals surface area contributed by atoms with Crippen molar-refractivity contribution in [2.75, 3.05) is 6.61 Å². The van der Waals surface area contributed by atoms with Crippen LogP contribution in [-0.2, 0) is 0 Å². The van der Waals surface area contributed by atoms with E-state index in [-0.39, 0.29) is 16.9 Å². The fraction of sp³-hybridized carbons (Fsp3) is 0.556. The van der Waals surface area contributed by atoms with E-state index in [9.17, 15) is 9.59 Å². The lowest BCUT2D eigenvalue weighted by Crippen LogP contribution is -2.07. The molecule has 1 aromatic carbocycles. The standard InChI is InChI=1S/C18H26O5/c1-2-3-4-5-6-7-8-9-12-23-16-13-14(17(19)20)10-11-15(16)18(21)22/h10-11,13H,2-9,12H2,1H3,(H,19,20)(H,21,22). The predicted molar refractivity (Wildman–Crippen MR) is 88.5 cm³/mol. The minimum absolute atomic E-state index is 0.00503. The zero-order chi connectivity index (χ0) is 17.1. The molecule has 0 spiro atoms.